The largest absolute Gasteiger partial charge is 0.328 e. The number of benzene rings is 1. The molecule has 1 aliphatic heterocycles. The van der Waals surface area contributed by atoms with E-state index in [0.717, 1.165) is 18.7 Å². The van der Waals surface area contributed by atoms with Crippen molar-refractivity contribution in [2.75, 3.05) is 17.0 Å². The van der Waals surface area contributed by atoms with Crippen LogP contribution in [0.3, 0.4) is 0 Å². The highest BCUT2D eigenvalue weighted by molar-refractivity contribution is 7.92. The molecule has 1 aromatic carbocycles. The predicted octanol–water partition coefficient (Wildman–Crippen LogP) is 1.85. The van der Waals surface area contributed by atoms with Gasteiger partial charge in [-0.2, -0.15) is 5.10 Å². The van der Waals surface area contributed by atoms with Gasteiger partial charge in [-0.15, -0.1) is 0 Å². The number of amides is 1. The van der Waals surface area contributed by atoms with Gasteiger partial charge in [0.1, 0.15) is 5.82 Å². The second-order valence-corrected chi connectivity index (χ2v) is 8.03. The molecule has 0 radical (unpaired) electrons. The zero-order valence-corrected chi connectivity index (χ0v) is 15.0. The maximum absolute atomic E-state index is 12.8. The lowest BCUT2D eigenvalue weighted by atomic mass is 10.1. The van der Waals surface area contributed by atoms with Crippen LogP contribution in [0, 0.1) is 6.92 Å². The van der Waals surface area contributed by atoms with E-state index < -0.39 is 10.0 Å². The van der Waals surface area contributed by atoms with Gasteiger partial charge in [0, 0.05) is 17.8 Å². The summed E-state index contributed by atoms with van der Waals surface area (Å²) < 4.78 is 25.7. The van der Waals surface area contributed by atoms with Crippen LogP contribution in [0.5, 0.6) is 0 Å². The van der Waals surface area contributed by atoms with E-state index in [1.54, 1.807) is 36.1 Å². The van der Waals surface area contributed by atoms with Gasteiger partial charge in [-0.3, -0.25) is 14.6 Å². The third kappa shape index (κ3) is 3.81. The fraction of sp³-hybridized carbons (Fsp3) is 0.438. The first-order valence-electron chi connectivity index (χ1n) is 8.20. The molecule has 134 valence electrons. The molecule has 8 nitrogen and oxygen atoms in total. The summed E-state index contributed by atoms with van der Waals surface area (Å²) in [5, 5.41) is 7.00. The number of anilines is 1. The molecule has 2 aromatic rings. The number of hydrogen-bond acceptors (Lipinski definition) is 5. The summed E-state index contributed by atoms with van der Waals surface area (Å²) in [4.78, 5) is 18.9. The van der Waals surface area contributed by atoms with Crippen LogP contribution in [0.1, 0.15) is 47.8 Å². The molecule has 25 heavy (non-hydrogen) atoms. The van der Waals surface area contributed by atoms with Crippen molar-refractivity contribution >= 4 is 21.6 Å². The molecule has 1 aliphatic rings. The Morgan fingerprint density at radius 1 is 1.36 bits per heavy atom. The number of sulfonamides is 1. The van der Waals surface area contributed by atoms with Gasteiger partial charge in [-0.05, 0) is 51.0 Å². The molecule has 0 aliphatic carbocycles. The number of rotatable bonds is 5. The summed E-state index contributed by atoms with van der Waals surface area (Å²) in [6.07, 6.45) is 1.73. The molecule has 0 unspecified atom stereocenters. The molecule has 2 N–H and O–H groups in total. The molecular weight excluding hydrogens is 342 g/mol. The van der Waals surface area contributed by atoms with Crippen molar-refractivity contribution in [2.24, 2.45) is 0 Å². The van der Waals surface area contributed by atoms with Crippen LogP contribution in [-0.2, 0) is 10.0 Å². The summed E-state index contributed by atoms with van der Waals surface area (Å²) >= 11 is 0. The minimum atomic E-state index is -3.33. The average molecular weight is 363 g/mol. The Morgan fingerprint density at radius 3 is 2.68 bits per heavy atom. The highest BCUT2D eigenvalue weighted by Crippen LogP contribution is 2.31. The first-order valence-corrected chi connectivity index (χ1v) is 9.85. The van der Waals surface area contributed by atoms with Crippen molar-refractivity contribution in [1.82, 2.24) is 20.1 Å². The molecule has 1 fully saturated rings. The van der Waals surface area contributed by atoms with E-state index in [1.807, 2.05) is 6.92 Å². The first kappa shape index (κ1) is 17.4. The van der Waals surface area contributed by atoms with Crippen molar-refractivity contribution in [3.63, 3.8) is 0 Å². The lowest BCUT2D eigenvalue weighted by Crippen LogP contribution is -2.31. The van der Waals surface area contributed by atoms with Gasteiger partial charge in [-0.25, -0.2) is 13.4 Å². The molecule has 0 saturated carbocycles. The minimum Gasteiger partial charge on any atom is -0.328 e. The summed E-state index contributed by atoms with van der Waals surface area (Å²) in [7, 11) is -3.33. The predicted molar refractivity (Wildman–Crippen MR) is 93.7 cm³/mol. The zero-order chi connectivity index (χ0) is 18.0. The number of likely N-dealkylation sites (tertiary alicyclic amines) is 1. The van der Waals surface area contributed by atoms with Gasteiger partial charge >= 0.3 is 0 Å². The van der Waals surface area contributed by atoms with Gasteiger partial charge in [0.15, 0.2) is 5.82 Å². The third-order valence-electron chi connectivity index (χ3n) is 4.21. The first-order chi connectivity index (χ1) is 11.9. The maximum Gasteiger partial charge on any atom is 0.254 e. The second-order valence-electron chi connectivity index (χ2n) is 6.02. The number of aromatic amines is 1. The highest BCUT2D eigenvalue weighted by atomic mass is 32.2. The normalized spacial score (nSPS) is 17.7. The summed E-state index contributed by atoms with van der Waals surface area (Å²) in [5.41, 5.74) is 0.958. The summed E-state index contributed by atoms with van der Waals surface area (Å²) in [6, 6.07) is 6.34. The van der Waals surface area contributed by atoms with Gasteiger partial charge in [0.2, 0.25) is 10.0 Å². The third-order valence-corrected chi connectivity index (χ3v) is 5.52. The highest BCUT2D eigenvalue weighted by Gasteiger charge is 2.33. The number of nitrogens with one attached hydrogen (secondary N) is 2. The molecule has 2 heterocycles. The van der Waals surface area contributed by atoms with Gasteiger partial charge in [0.25, 0.3) is 5.91 Å². The van der Waals surface area contributed by atoms with E-state index in [0.29, 0.717) is 23.6 Å². The lowest BCUT2D eigenvalue weighted by molar-refractivity contribution is 0.0730. The zero-order valence-electron chi connectivity index (χ0n) is 14.2. The SMILES string of the molecule is CCS(=O)(=O)Nc1ccc(C(=O)N2CCC[C@@H]2c2n[nH]c(C)n2)cc1. The van der Waals surface area contributed by atoms with Crippen LogP contribution in [0.15, 0.2) is 24.3 Å². The Kier molecular flexibility index (Phi) is 4.76. The van der Waals surface area contributed by atoms with E-state index in [9.17, 15) is 13.2 Å². The summed E-state index contributed by atoms with van der Waals surface area (Å²) in [6.45, 7) is 4.05. The molecule has 1 saturated heterocycles. The number of aromatic nitrogens is 3. The second kappa shape index (κ2) is 6.83. The monoisotopic (exact) mass is 363 g/mol. The Hall–Kier alpha value is -2.42. The van der Waals surface area contributed by atoms with Crippen molar-refractivity contribution in [3.8, 4) is 0 Å². The minimum absolute atomic E-state index is 0.000772. The Balaban J connectivity index is 1.76. The number of carbonyl (C=O) groups is 1. The molecule has 3 rings (SSSR count). The van der Waals surface area contributed by atoms with E-state index in [-0.39, 0.29) is 17.7 Å². The van der Waals surface area contributed by atoms with E-state index in [1.165, 1.54) is 0 Å². The number of carbonyl (C=O) groups excluding carboxylic acids is 1. The Bertz CT molecular complexity index is 860. The van der Waals surface area contributed by atoms with E-state index >= 15 is 0 Å². The van der Waals surface area contributed by atoms with Crippen LogP contribution in [0.4, 0.5) is 5.69 Å². The molecular formula is C16H21N5O3S. The van der Waals surface area contributed by atoms with E-state index in [4.69, 9.17) is 0 Å². The standard InChI is InChI=1S/C16H21N5O3S/c1-3-25(23,24)20-13-8-6-12(7-9-13)16(22)21-10-4-5-14(21)15-17-11(2)18-19-15/h6-9,14,20H,3-5,10H2,1-2H3,(H,17,18,19)/t14-/m1/s1. The van der Waals surface area contributed by atoms with Crippen LogP contribution in [0.2, 0.25) is 0 Å². The Labute approximate surface area is 146 Å². The van der Waals surface area contributed by atoms with Crippen LogP contribution in [-0.4, -0.2) is 46.7 Å². The maximum atomic E-state index is 12.8. The number of H-pyrrole nitrogens is 1. The fourth-order valence-electron chi connectivity index (χ4n) is 2.89. The topological polar surface area (TPSA) is 108 Å². The lowest BCUT2D eigenvalue weighted by Gasteiger charge is -2.22. The molecule has 0 bridgehead atoms. The number of nitrogens with zero attached hydrogens (tertiary/aromatic N) is 3. The van der Waals surface area contributed by atoms with E-state index in [2.05, 4.69) is 19.9 Å². The fourth-order valence-corrected chi connectivity index (χ4v) is 3.53. The van der Waals surface area contributed by atoms with Crippen molar-refractivity contribution in [3.05, 3.63) is 41.5 Å². The van der Waals surface area contributed by atoms with Crippen molar-refractivity contribution < 1.29 is 13.2 Å². The molecule has 0 spiro atoms. The van der Waals surface area contributed by atoms with Gasteiger partial charge in [-0.1, -0.05) is 0 Å². The number of aryl methyl sites for hydroxylation is 1. The molecule has 1 aromatic heterocycles. The summed E-state index contributed by atoms with van der Waals surface area (Å²) in [5.74, 6) is 1.26. The van der Waals surface area contributed by atoms with Gasteiger partial charge in [0.05, 0.1) is 11.8 Å². The van der Waals surface area contributed by atoms with Crippen LogP contribution >= 0.6 is 0 Å². The van der Waals surface area contributed by atoms with Gasteiger partial charge < -0.3 is 4.90 Å². The van der Waals surface area contributed by atoms with Crippen molar-refractivity contribution in [1.29, 1.82) is 0 Å². The molecule has 9 heteroatoms. The Morgan fingerprint density at radius 2 is 2.08 bits per heavy atom. The smallest absolute Gasteiger partial charge is 0.254 e. The molecule has 1 amide bonds. The average Bonchev–Trinajstić information content (AvgIpc) is 3.23. The quantitative estimate of drug-likeness (QED) is 0.843. The molecule has 1 atom stereocenters. The van der Waals surface area contributed by atoms with Crippen molar-refractivity contribution in [2.45, 2.75) is 32.7 Å². The van der Waals surface area contributed by atoms with Crippen LogP contribution in [0.25, 0.3) is 0 Å². The van der Waals surface area contributed by atoms with Crippen LogP contribution < -0.4 is 4.72 Å². The number of hydrogen-bond donors (Lipinski definition) is 2.